The first kappa shape index (κ1) is 22.0. The molecule has 2 aromatic carbocycles. The predicted molar refractivity (Wildman–Crippen MR) is 115 cm³/mol. The van der Waals surface area contributed by atoms with E-state index < -0.39 is 5.41 Å². The lowest BCUT2D eigenvalue weighted by Gasteiger charge is -2.26. The second-order valence-electron chi connectivity index (χ2n) is 8.01. The van der Waals surface area contributed by atoms with Gasteiger partial charge in [0.05, 0.1) is 19.8 Å². The lowest BCUT2D eigenvalue weighted by atomic mass is 9.86. The number of nitrogens with zero attached hydrogens (tertiary/aromatic N) is 1. The molecule has 1 amide bonds. The number of nitriles is 1. The second kappa shape index (κ2) is 8.83. The summed E-state index contributed by atoms with van der Waals surface area (Å²) in [5, 5.41) is 12.9. The van der Waals surface area contributed by atoms with Gasteiger partial charge in [-0.1, -0.05) is 50.1 Å². The fraction of sp³-hybridized carbons (Fsp3) is 0.333. The van der Waals surface area contributed by atoms with Crippen molar-refractivity contribution in [1.82, 2.24) is 5.32 Å². The Bertz CT molecular complexity index is 972. The van der Waals surface area contributed by atoms with Gasteiger partial charge in [0.25, 0.3) is 5.91 Å². The van der Waals surface area contributed by atoms with Gasteiger partial charge in [-0.05, 0) is 37.6 Å². The van der Waals surface area contributed by atoms with Crippen LogP contribution in [0.4, 0.5) is 0 Å². The van der Waals surface area contributed by atoms with Crippen LogP contribution in [0.5, 0.6) is 11.5 Å². The van der Waals surface area contributed by atoms with Gasteiger partial charge in [0.1, 0.15) is 6.07 Å². The number of carbonyl (C=O) groups excluding carboxylic acids is 1. The number of benzene rings is 2. The van der Waals surface area contributed by atoms with Crippen LogP contribution in [0.15, 0.2) is 42.1 Å². The molecule has 0 unspecified atom stereocenters. The van der Waals surface area contributed by atoms with E-state index in [1.54, 1.807) is 25.3 Å². The molecule has 0 saturated heterocycles. The Morgan fingerprint density at radius 2 is 1.52 bits per heavy atom. The molecule has 5 heteroatoms. The first-order valence-corrected chi connectivity index (χ1v) is 9.37. The van der Waals surface area contributed by atoms with E-state index in [0.717, 1.165) is 16.7 Å². The number of ether oxygens (including phenoxy) is 2. The van der Waals surface area contributed by atoms with E-state index in [-0.39, 0.29) is 5.91 Å². The van der Waals surface area contributed by atoms with Gasteiger partial charge in [-0.25, -0.2) is 0 Å². The molecule has 2 aromatic rings. The molecule has 5 nitrogen and oxygen atoms in total. The van der Waals surface area contributed by atoms with E-state index in [4.69, 9.17) is 9.47 Å². The average molecular weight is 392 g/mol. The van der Waals surface area contributed by atoms with Crippen molar-refractivity contribution in [1.29, 1.82) is 5.26 Å². The van der Waals surface area contributed by atoms with E-state index in [9.17, 15) is 10.1 Å². The van der Waals surface area contributed by atoms with Crippen molar-refractivity contribution >= 4 is 11.5 Å². The highest BCUT2D eigenvalue weighted by atomic mass is 16.5. The number of hydrogen-bond donors (Lipinski definition) is 1. The molecular weight excluding hydrogens is 364 g/mol. The molecule has 0 radical (unpaired) electrons. The van der Waals surface area contributed by atoms with Crippen molar-refractivity contribution in [3.05, 3.63) is 64.3 Å². The molecule has 1 N–H and O–H groups in total. The van der Waals surface area contributed by atoms with Crippen LogP contribution in [0, 0.1) is 30.6 Å². The summed E-state index contributed by atoms with van der Waals surface area (Å²) >= 11 is 0. The molecule has 0 saturated carbocycles. The van der Waals surface area contributed by atoms with E-state index in [1.807, 2.05) is 46.8 Å². The summed E-state index contributed by atoms with van der Waals surface area (Å²) in [5.74, 6) is 0.702. The number of aryl methyl sites for hydroxylation is 2. The third-order valence-electron chi connectivity index (χ3n) is 4.51. The Labute approximate surface area is 173 Å². The van der Waals surface area contributed by atoms with Crippen LogP contribution >= 0.6 is 0 Å². The number of carbonyl (C=O) groups is 1. The molecule has 29 heavy (non-hydrogen) atoms. The van der Waals surface area contributed by atoms with Crippen molar-refractivity contribution in [2.24, 2.45) is 5.41 Å². The SMILES string of the molecule is COc1ccc(C(=O)NC(=C(C#N)c2cc(C)cc(C)c2)C(C)(C)C)cc1OC. The molecule has 0 atom stereocenters. The predicted octanol–water partition coefficient (Wildman–Crippen LogP) is 5.03. The first-order valence-electron chi connectivity index (χ1n) is 9.37. The molecule has 0 aromatic heterocycles. The number of amides is 1. The topological polar surface area (TPSA) is 71.3 Å². The first-order chi connectivity index (χ1) is 13.6. The highest BCUT2D eigenvalue weighted by molar-refractivity contribution is 5.97. The smallest absolute Gasteiger partial charge is 0.255 e. The maximum atomic E-state index is 13.0. The van der Waals surface area contributed by atoms with E-state index in [2.05, 4.69) is 17.5 Å². The fourth-order valence-corrected chi connectivity index (χ4v) is 3.17. The summed E-state index contributed by atoms with van der Waals surface area (Å²) in [6.07, 6.45) is 0. The van der Waals surface area contributed by atoms with E-state index in [0.29, 0.717) is 28.3 Å². The van der Waals surface area contributed by atoms with Crippen LogP contribution in [0.2, 0.25) is 0 Å². The second-order valence-corrected chi connectivity index (χ2v) is 8.01. The van der Waals surface area contributed by atoms with Crippen molar-refractivity contribution in [2.45, 2.75) is 34.6 Å². The maximum absolute atomic E-state index is 13.0. The van der Waals surface area contributed by atoms with Crippen LogP contribution in [-0.2, 0) is 0 Å². The standard InChI is InChI=1S/C24H28N2O3/c1-15-10-16(2)12-18(11-15)19(14-25)22(24(3,4)5)26-23(27)17-8-9-20(28-6)21(13-17)29-7/h8-13H,1-7H3,(H,26,27). The lowest BCUT2D eigenvalue weighted by Crippen LogP contribution is -2.31. The monoisotopic (exact) mass is 392 g/mol. The summed E-state index contributed by atoms with van der Waals surface area (Å²) in [7, 11) is 3.06. The Morgan fingerprint density at radius 3 is 2.00 bits per heavy atom. The van der Waals surface area contributed by atoms with Gasteiger partial charge in [-0.2, -0.15) is 5.26 Å². The summed E-state index contributed by atoms with van der Waals surface area (Å²) < 4.78 is 10.5. The zero-order valence-corrected chi connectivity index (χ0v) is 18.1. The summed E-state index contributed by atoms with van der Waals surface area (Å²) in [6, 6.07) is 13.2. The number of nitrogens with one attached hydrogen (secondary N) is 1. The summed E-state index contributed by atoms with van der Waals surface area (Å²) in [4.78, 5) is 13.0. The van der Waals surface area contributed by atoms with Crippen molar-refractivity contribution in [2.75, 3.05) is 14.2 Å². The Balaban J connectivity index is 2.54. The molecule has 152 valence electrons. The van der Waals surface area contributed by atoms with Crippen molar-refractivity contribution in [3.63, 3.8) is 0 Å². The Morgan fingerprint density at radius 1 is 0.931 bits per heavy atom. The normalized spacial score (nSPS) is 11.9. The van der Waals surface area contributed by atoms with Gasteiger partial charge in [-0.15, -0.1) is 0 Å². The third kappa shape index (κ3) is 5.17. The molecular formula is C24H28N2O3. The lowest BCUT2D eigenvalue weighted by molar-refractivity contribution is 0.0957. The van der Waals surface area contributed by atoms with Gasteiger partial charge in [0.15, 0.2) is 11.5 Å². The van der Waals surface area contributed by atoms with Crippen LogP contribution in [-0.4, -0.2) is 20.1 Å². The van der Waals surface area contributed by atoms with Crippen LogP contribution in [0.25, 0.3) is 5.57 Å². The fourth-order valence-electron chi connectivity index (χ4n) is 3.17. The third-order valence-corrected chi connectivity index (χ3v) is 4.51. The highest BCUT2D eigenvalue weighted by Crippen LogP contribution is 2.32. The van der Waals surface area contributed by atoms with E-state index >= 15 is 0 Å². The summed E-state index contributed by atoms with van der Waals surface area (Å²) in [6.45, 7) is 9.89. The number of rotatable bonds is 5. The van der Waals surface area contributed by atoms with Crippen molar-refractivity contribution < 1.29 is 14.3 Å². The number of methoxy groups -OCH3 is 2. The van der Waals surface area contributed by atoms with Gasteiger partial charge in [0, 0.05) is 16.7 Å². The molecule has 0 aliphatic carbocycles. The average Bonchev–Trinajstić information content (AvgIpc) is 2.65. The quantitative estimate of drug-likeness (QED) is 0.724. The molecule has 2 rings (SSSR count). The van der Waals surface area contributed by atoms with Gasteiger partial charge in [0.2, 0.25) is 0 Å². The molecule has 0 aliphatic heterocycles. The molecule has 0 fully saturated rings. The van der Waals surface area contributed by atoms with Gasteiger partial charge in [-0.3, -0.25) is 4.79 Å². The minimum atomic E-state index is -0.449. The minimum absolute atomic E-state index is 0.312. The number of hydrogen-bond acceptors (Lipinski definition) is 4. The van der Waals surface area contributed by atoms with Crippen LogP contribution in [0.1, 0.15) is 47.8 Å². The molecule has 0 spiro atoms. The van der Waals surface area contributed by atoms with Crippen LogP contribution in [0.3, 0.4) is 0 Å². The summed E-state index contributed by atoms with van der Waals surface area (Å²) in [5.41, 5.74) is 3.92. The highest BCUT2D eigenvalue weighted by Gasteiger charge is 2.25. The largest absolute Gasteiger partial charge is 0.493 e. The molecule has 0 bridgehead atoms. The minimum Gasteiger partial charge on any atom is -0.493 e. The zero-order valence-electron chi connectivity index (χ0n) is 18.1. The molecule has 0 heterocycles. The Kier molecular flexibility index (Phi) is 6.71. The number of allylic oxidation sites excluding steroid dienone is 2. The van der Waals surface area contributed by atoms with Gasteiger partial charge < -0.3 is 14.8 Å². The Hall–Kier alpha value is -3.26. The van der Waals surface area contributed by atoms with Gasteiger partial charge >= 0.3 is 0 Å². The maximum Gasteiger partial charge on any atom is 0.255 e. The zero-order chi connectivity index (χ0) is 21.8. The van der Waals surface area contributed by atoms with Crippen LogP contribution < -0.4 is 14.8 Å². The van der Waals surface area contributed by atoms with Crippen molar-refractivity contribution in [3.8, 4) is 17.6 Å². The van der Waals surface area contributed by atoms with E-state index in [1.165, 1.54) is 7.11 Å². The molecule has 0 aliphatic rings.